The Bertz CT molecular complexity index is 907. The summed E-state index contributed by atoms with van der Waals surface area (Å²) in [6.07, 6.45) is 1.61. The Labute approximate surface area is 162 Å². The number of nitrogens with zero attached hydrogens (tertiary/aromatic N) is 4. The quantitative estimate of drug-likeness (QED) is 0.693. The monoisotopic (exact) mass is 385 g/mol. The first-order chi connectivity index (χ1) is 13.2. The largest absolute Gasteiger partial charge is 0.381 e. The Balaban J connectivity index is 1.36. The molecule has 0 radical (unpaired) electrons. The maximum atomic E-state index is 5.90. The lowest BCUT2D eigenvalue weighted by atomic mass is 10.0. The van der Waals surface area contributed by atoms with Crippen LogP contribution in [0.3, 0.4) is 0 Å². The average Bonchev–Trinajstić information content (AvgIpc) is 3.34. The Morgan fingerprint density at radius 2 is 2.04 bits per heavy atom. The molecule has 27 heavy (non-hydrogen) atoms. The molecule has 3 heterocycles. The molecule has 0 spiro atoms. The molecule has 8 heteroatoms. The van der Waals surface area contributed by atoms with Gasteiger partial charge in [0.1, 0.15) is 11.6 Å². The lowest BCUT2D eigenvalue weighted by Crippen LogP contribution is -2.10. The highest BCUT2D eigenvalue weighted by Gasteiger charge is 2.20. The van der Waals surface area contributed by atoms with Crippen molar-refractivity contribution >= 4 is 17.4 Å². The van der Waals surface area contributed by atoms with Crippen molar-refractivity contribution in [3.05, 3.63) is 52.8 Å². The van der Waals surface area contributed by atoms with E-state index in [1.807, 2.05) is 25.1 Å². The van der Waals surface area contributed by atoms with Gasteiger partial charge >= 0.3 is 0 Å². The molecular weight excluding hydrogens is 366 g/mol. The molecule has 1 atom stereocenters. The van der Waals surface area contributed by atoms with Crippen LogP contribution in [-0.4, -0.2) is 39.9 Å². The first-order valence-electron chi connectivity index (χ1n) is 8.93. The smallest absolute Gasteiger partial charge is 0.228 e. The van der Waals surface area contributed by atoms with Gasteiger partial charge in [-0.1, -0.05) is 16.8 Å². The number of benzene rings is 1. The zero-order valence-electron chi connectivity index (χ0n) is 15.0. The van der Waals surface area contributed by atoms with E-state index in [1.54, 1.807) is 12.1 Å². The molecule has 0 amide bonds. The molecule has 0 aliphatic carbocycles. The molecule has 1 aliphatic rings. The number of rotatable bonds is 6. The van der Waals surface area contributed by atoms with Crippen molar-refractivity contribution < 1.29 is 9.26 Å². The number of hydrogen-bond donors (Lipinski definition) is 1. The summed E-state index contributed by atoms with van der Waals surface area (Å²) in [4.78, 5) is 13.4. The van der Waals surface area contributed by atoms with Crippen LogP contribution in [0, 0.1) is 6.92 Å². The third kappa shape index (κ3) is 4.43. The van der Waals surface area contributed by atoms with Gasteiger partial charge in [0.15, 0.2) is 0 Å². The summed E-state index contributed by atoms with van der Waals surface area (Å²) in [5.74, 6) is 3.04. The highest BCUT2D eigenvalue weighted by molar-refractivity contribution is 6.30. The highest BCUT2D eigenvalue weighted by atomic mass is 35.5. The lowest BCUT2D eigenvalue weighted by molar-refractivity contribution is 0.193. The van der Waals surface area contributed by atoms with E-state index in [-0.39, 0.29) is 0 Å². The number of anilines is 1. The van der Waals surface area contributed by atoms with Gasteiger partial charge in [-0.2, -0.15) is 4.98 Å². The average molecular weight is 386 g/mol. The zero-order chi connectivity index (χ0) is 18.6. The zero-order valence-corrected chi connectivity index (χ0v) is 15.7. The van der Waals surface area contributed by atoms with E-state index in [0.717, 1.165) is 42.5 Å². The number of aryl methyl sites for hydroxylation is 1. The van der Waals surface area contributed by atoms with E-state index >= 15 is 0 Å². The molecule has 0 saturated carbocycles. The first-order valence-corrected chi connectivity index (χ1v) is 9.31. The Morgan fingerprint density at radius 1 is 1.19 bits per heavy atom. The molecule has 1 aliphatic heterocycles. The molecule has 1 aromatic carbocycles. The van der Waals surface area contributed by atoms with Crippen molar-refractivity contribution in [3.63, 3.8) is 0 Å². The molecule has 2 aromatic heterocycles. The van der Waals surface area contributed by atoms with Crippen molar-refractivity contribution in [2.75, 3.05) is 25.1 Å². The van der Waals surface area contributed by atoms with Gasteiger partial charge in [0, 0.05) is 42.1 Å². The standard InChI is InChI=1S/C19H20ClN5O2/c1-12-22-16(14-7-9-26-11-14)10-17(23-12)21-8-6-18-24-19(25-27-18)13-2-4-15(20)5-3-13/h2-5,10,14H,6-9,11H2,1H3,(H,21,22,23). The lowest BCUT2D eigenvalue weighted by Gasteiger charge is -2.11. The summed E-state index contributed by atoms with van der Waals surface area (Å²) in [6, 6.07) is 9.34. The van der Waals surface area contributed by atoms with Crippen molar-refractivity contribution in [3.8, 4) is 11.4 Å². The van der Waals surface area contributed by atoms with Gasteiger partial charge in [-0.3, -0.25) is 0 Å². The van der Waals surface area contributed by atoms with Gasteiger partial charge in [0.25, 0.3) is 0 Å². The molecular formula is C19H20ClN5O2. The number of halogens is 1. The summed E-state index contributed by atoms with van der Waals surface area (Å²) in [6.45, 7) is 4.06. The highest BCUT2D eigenvalue weighted by Crippen LogP contribution is 2.25. The van der Waals surface area contributed by atoms with E-state index in [9.17, 15) is 0 Å². The maximum Gasteiger partial charge on any atom is 0.228 e. The third-order valence-electron chi connectivity index (χ3n) is 4.42. The second-order valence-electron chi connectivity index (χ2n) is 6.48. The number of ether oxygens (including phenoxy) is 1. The van der Waals surface area contributed by atoms with Crippen LogP contribution in [-0.2, 0) is 11.2 Å². The molecule has 4 rings (SSSR count). The minimum atomic E-state index is 0.352. The third-order valence-corrected chi connectivity index (χ3v) is 4.67. The fourth-order valence-electron chi connectivity index (χ4n) is 3.03. The van der Waals surface area contributed by atoms with Crippen molar-refractivity contribution in [2.24, 2.45) is 0 Å². The van der Waals surface area contributed by atoms with Gasteiger partial charge < -0.3 is 14.6 Å². The van der Waals surface area contributed by atoms with Gasteiger partial charge in [-0.15, -0.1) is 0 Å². The van der Waals surface area contributed by atoms with Crippen LogP contribution in [0.25, 0.3) is 11.4 Å². The van der Waals surface area contributed by atoms with Crippen LogP contribution in [0.2, 0.25) is 5.02 Å². The Hall–Kier alpha value is -2.51. The second-order valence-corrected chi connectivity index (χ2v) is 6.92. The van der Waals surface area contributed by atoms with Crippen LogP contribution < -0.4 is 5.32 Å². The van der Waals surface area contributed by atoms with Crippen LogP contribution in [0.1, 0.15) is 29.7 Å². The van der Waals surface area contributed by atoms with Gasteiger partial charge in [-0.05, 0) is 37.6 Å². The fourth-order valence-corrected chi connectivity index (χ4v) is 3.15. The molecule has 1 fully saturated rings. The Kier molecular flexibility index (Phi) is 5.31. The molecule has 140 valence electrons. The minimum absolute atomic E-state index is 0.352. The van der Waals surface area contributed by atoms with Crippen LogP contribution in [0.5, 0.6) is 0 Å². The minimum Gasteiger partial charge on any atom is -0.381 e. The van der Waals surface area contributed by atoms with Gasteiger partial charge in [-0.25, -0.2) is 9.97 Å². The van der Waals surface area contributed by atoms with Gasteiger partial charge in [0.2, 0.25) is 11.7 Å². The summed E-state index contributed by atoms with van der Waals surface area (Å²) < 4.78 is 10.8. The SMILES string of the molecule is Cc1nc(NCCc2nc(-c3ccc(Cl)cc3)no2)cc(C2CCOC2)n1. The number of nitrogens with one attached hydrogen (secondary N) is 1. The second kappa shape index (κ2) is 8.02. The van der Waals surface area contributed by atoms with E-state index < -0.39 is 0 Å². The van der Waals surface area contributed by atoms with Crippen LogP contribution in [0.4, 0.5) is 5.82 Å². The maximum absolute atomic E-state index is 5.90. The fraction of sp³-hybridized carbons (Fsp3) is 0.368. The number of hydrogen-bond acceptors (Lipinski definition) is 7. The van der Waals surface area contributed by atoms with Crippen LogP contribution >= 0.6 is 11.6 Å². The molecule has 1 unspecified atom stereocenters. The summed E-state index contributed by atoms with van der Waals surface area (Å²) in [5.41, 5.74) is 1.91. The molecule has 0 bridgehead atoms. The summed E-state index contributed by atoms with van der Waals surface area (Å²) in [5, 5.41) is 8.02. The first kappa shape index (κ1) is 17.9. The van der Waals surface area contributed by atoms with Crippen molar-refractivity contribution in [2.45, 2.75) is 25.7 Å². The number of aromatic nitrogens is 4. The predicted molar refractivity (Wildman–Crippen MR) is 102 cm³/mol. The van der Waals surface area contributed by atoms with Crippen molar-refractivity contribution in [1.82, 2.24) is 20.1 Å². The van der Waals surface area contributed by atoms with Gasteiger partial charge in [0.05, 0.1) is 12.3 Å². The van der Waals surface area contributed by atoms with Crippen LogP contribution in [0.15, 0.2) is 34.9 Å². The van der Waals surface area contributed by atoms with E-state index in [1.165, 1.54) is 0 Å². The predicted octanol–water partition coefficient (Wildman–Crippen LogP) is 3.65. The van der Waals surface area contributed by atoms with E-state index in [2.05, 4.69) is 25.4 Å². The summed E-state index contributed by atoms with van der Waals surface area (Å²) >= 11 is 5.90. The summed E-state index contributed by atoms with van der Waals surface area (Å²) in [7, 11) is 0. The Morgan fingerprint density at radius 3 is 2.81 bits per heavy atom. The van der Waals surface area contributed by atoms with E-state index in [0.29, 0.717) is 35.6 Å². The topological polar surface area (TPSA) is 86.0 Å². The molecule has 3 aromatic rings. The molecule has 7 nitrogen and oxygen atoms in total. The van der Waals surface area contributed by atoms with Crippen molar-refractivity contribution in [1.29, 1.82) is 0 Å². The molecule has 1 saturated heterocycles. The van der Waals surface area contributed by atoms with E-state index in [4.69, 9.17) is 20.9 Å². The molecule has 1 N–H and O–H groups in total. The normalized spacial score (nSPS) is 16.6.